The molecule has 2 aliphatic rings. The number of thioether (sulfide) groups is 1. The van der Waals surface area contributed by atoms with Gasteiger partial charge in [-0.05, 0) is 80.0 Å². The van der Waals surface area contributed by atoms with E-state index in [-0.39, 0.29) is 6.61 Å². The zero-order valence-corrected chi connectivity index (χ0v) is 28.6. The van der Waals surface area contributed by atoms with Crippen molar-refractivity contribution < 1.29 is 33.3 Å². The summed E-state index contributed by atoms with van der Waals surface area (Å²) in [6.07, 6.45) is 1.32. The monoisotopic (exact) mass is 670 g/mol. The summed E-state index contributed by atoms with van der Waals surface area (Å²) in [5.74, 6) is -5.42. The molecule has 242 valence electrons. The first-order chi connectivity index (χ1) is 20.1. The minimum Gasteiger partial charge on any atom is -0.460 e. The van der Waals surface area contributed by atoms with Crippen LogP contribution < -0.4 is 5.73 Å². The van der Waals surface area contributed by atoms with Gasteiger partial charge in [0.05, 0.1) is 22.6 Å². The van der Waals surface area contributed by atoms with Crippen molar-refractivity contribution in [3.63, 3.8) is 0 Å². The Hall–Kier alpha value is -2.38. The fourth-order valence-electron chi connectivity index (χ4n) is 5.75. The smallest absolute Gasteiger partial charge is 0.330 e. The molecule has 6 atom stereocenters. The lowest BCUT2D eigenvalue weighted by molar-refractivity contribution is -0.186. The SMILES string of the molecule is CC(C)(C)OC(=O)C1C(Sc2ncn[nH]2)C2C(C(=O)OC(C)(C)C)C2(OCc2ccc(Cl)c(Cl)c2)C1(N)C(=O)OC(C)(C)C. The number of nitrogens with zero attached hydrogens (tertiary/aromatic N) is 2. The number of carbonyl (C=O) groups excluding carboxylic acids is 3. The molecule has 0 saturated heterocycles. The molecule has 44 heavy (non-hydrogen) atoms. The number of halogens is 2. The molecule has 0 spiro atoms. The molecule has 14 heteroatoms. The van der Waals surface area contributed by atoms with Crippen molar-refractivity contribution in [2.24, 2.45) is 23.5 Å². The maximum atomic E-state index is 14.3. The first kappa shape index (κ1) is 34.5. The van der Waals surface area contributed by atoms with E-state index >= 15 is 0 Å². The second kappa shape index (κ2) is 11.8. The quantitative estimate of drug-likeness (QED) is 0.284. The molecule has 0 radical (unpaired) electrons. The van der Waals surface area contributed by atoms with Crippen LogP contribution in [0.1, 0.15) is 67.9 Å². The lowest BCUT2D eigenvalue weighted by Gasteiger charge is -2.41. The standard InChI is InChI=1S/C30H40Cl2N4O7S/c1-26(2,3)41-22(37)19-18-21(44-25-34-14-35-36-25)20(23(38)42-27(4,5)6)29(33,24(39)43-28(7,8)9)30(18,19)40-13-15-10-11-16(31)17(32)12-15/h10-12,14,18-21H,13,33H2,1-9H3,(H,34,35,36). The minimum absolute atomic E-state index is 0.116. The summed E-state index contributed by atoms with van der Waals surface area (Å²) in [6.45, 7) is 15.3. The maximum Gasteiger partial charge on any atom is 0.330 e. The number of ether oxygens (including phenoxy) is 4. The van der Waals surface area contributed by atoms with Crippen LogP contribution in [0.2, 0.25) is 10.0 Å². The maximum absolute atomic E-state index is 14.3. The Morgan fingerprint density at radius 1 is 0.909 bits per heavy atom. The molecule has 2 fully saturated rings. The number of fused-ring (bicyclic) bond motifs is 1. The molecule has 4 rings (SSSR count). The van der Waals surface area contributed by atoms with E-state index in [1.807, 2.05) is 0 Å². The minimum atomic E-state index is -2.19. The van der Waals surface area contributed by atoms with Gasteiger partial charge in [0.25, 0.3) is 0 Å². The van der Waals surface area contributed by atoms with E-state index < -0.39 is 68.9 Å². The van der Waals surface area contributed by atoms with E-state index in [9.17, 15) is 14.4 Å². The predicted octanol–water partition coefficient (Wildman–Crippen LogP) is 5.13. The number of aromatic amines is 1. The number of carbonyl (C=O) groups is 3. The summed E-state index contributed by atoms with van der Waals surface area (Å²) in [6, 6.07) is 4.94. The van der Waals surface area contributed by atoms with Crippen molar-refractivity contribution >= 4 is 52.9 Å². The van der Waals surface area contributed by atoms with Gasteiger partial charge in [0, 0.05) is 11.2 Å². The Bertz CT molecular complexity index is 1420. The largest absolute Gasteiger partial charge is 0.460 e. The van der Waals surface area contributed by atoms with Crippen molar-refractivity contribution in [3.8, 4) is 0 Å². The Morgan fingerprint density at radius 3 is 1.98 bits per heavy atom. The van der Waals surface area contributed by atoms with Crippen LogP contribution in [0, 0.1) is 17.8 Å². The molecular formula is C30H40Cl2N4O7S. The highest BCUT2D eigenvalue weighted by molar-refractivity contribution is 7.99. The summed E-state index contributed by atoms with van der Waals surface area (Å²) >= 11 is 13.5. The molecule has 0 aliphatic heterocycles. The van der Waals surface area contributed by atoms with Crippen LogP contribution in [0.5, 0.6) is 0 Å². The van der Waals surface area contributed by atoms with Crippen molar-refractivity contribution in [2.45, 2.75) is 107 Å². The molecule has 11 nitrogen and oxygen atoms in total. The van der Waals surface area contributed by atoms with Gasteiger partial charge in [-0.3, -0.25) is 14.7 Å². The van der Waals surface area contributed by atoms with Gasteiger partial charge in [-0.15, -0.1) is 0 Å². The molecule has 1 heterocycles. The Labute approximate surface area is 271 Å². The summed E-state index contributed by atoms with van der Waals surface area (Å²) in [4.78, 5) is 46.5. The van der Waals surface area contributed by atoms with Gasteiger partial charge in [0.2, 0.25) is 0 Å². The molecule has 1 aromatic carbocycles. The van der Waals surface area contributed by atoms with Gasteiger partial charge >= 0.3 is 17.9 Å². The fraction of sp³-hybridized carbons (Fsp3) is 0.633. The zero-order valence-electron chi connectivity index (χ0n) is 26.3. The molecule has 6 unspecified atom stereocenters. The normalized spacial score (nSPS) is 28.3. The van der Waals surface area contributed by atoms with Crippen molar-refractivity contribution in [3.05, 3.63) is 40.1 Å². The first-order valence-corrected chi connectivity index (χ1v) is 15.8. The van der Waals surface area contributed by atoms with Crippen LogP contribution in [0.4, 0.5) is 0 Å². The van der Waals surface area contributed by atoms with Gasteiger partial charge in [0.15, 0.2) is 10.7 Å². The number of nitrogens with one attached hydrogen (secondary N) is 1. The summed E-state index contributed by atoms with van der Waals surface area (Å²) < 4.78 is 24.1. The number of hydrogen-bond acceptors (Lipinski definition) is 11. The third kappa shape index (κ3) is 6.74. The van der Waals surface area contributed by atoms with Crippen LogP contribution in [-0.2, 0) is 39.9 Å². The fourth-order valence-corrected chi connectivity index (χ4v) is 7.51. The molecule has 2 saturated carbocycles. The van der Waals surface area contributed by atoms with Crippen LogP contribution in [-0.4, -0.2) is 66.3 Å². The average Bonchev–Trinajstić information content (AvgIpc) is 3.13. The third-order valence-electron chi connectivity index (χ3n) is 7.19. The third-order valence-corrected chi connectivity index (χ3v) is 9.18. The predicted molar refractivity (Wildman–Crippen MR) is 165 cm³/mol. The number of benzene rings is 1. The van der Waals surface area contributed by atoms with E-state index in [2.05, 4.69) is 15.2 Å². The van der Waals surface area contributed by atoms with Crippen molar-refractivity contribution in [1.82, 2.24) is 15.2 Å². The topological polar surface area (TPSA) is 156 Å². The van der Waals surface area contributed by atoms with Gasteiger partial charge in [0.1, 0.15) is 34.6 Å². The van der Waals surface area contributed by atoms with E-state index in [0.29, 0.717) is 20.8 Å². The lowest BCUT2D eigenvalue weighted by Crippen LogP contribution is -2.68. The highest BCUT2D eigenvalue weighted by atomic mass is 35.5. The number of hydrogen-bond donors (Lipinski definition) is 2. The van der Waals surface area contributed by atoms with Crippen molar-refractivity contribution in [1.29, 1.82) is 0 Å². The molecule has 0 amide bonds. The molecule has 2 aliphatic carbocycles. The van der Waals surface area contributed by atoms with Crippen LogP contribution in [0.25, 0.3) is 0 Å². The molecule has 2 aromatic rings. The lowest BCUT2D eigenvalue weighted by atomic mass is 9.78. The van der Waals surface area contributed by atoms with Crippen molar-refractivity contribution in [2.75, 3.05) is 0 Å². The second-order valence-corrected chi connectivity index (χ2v) is 16.1. The Morgan fingerprint density at radius 2 is 1.48 bits per heavy atom. The number of H-pyrrole nitrogens is 1. The molecule has 3 N–H and O–H groups in total. The van der Waals surface area contributed by atoms with Gasteiger partial charge < -0.3 is 24.7 Å². The van der Waals surface area contributed by atoms with Crippen LogP contribution in [0.15, 0.2) is 29.7 Å². The van der Waals surface area contributed by atoms with Gasteiger partial charge in [-0.1, -0.05) is 41.0 Å². The van der Waals surface area contributed by atoms with Gasteiger partial charge in [-0.2, -0.15) is 5.10 Å². The highest BCUT2D eigenvalue weighted by Gasteiger charge is 2.91. The number of aromatic nitrogens is 3. The van der Waals surface area contributed by atoms with E-state index in [1.165, 1.54) is 6.33 Å². The van der Waals surface area contributed by atoms with Crippen LogP contribution >= 0.6 is 35.0 Å². The average molecular weight is 672 g/mol. The molecule has 1 aromatic heterocycles. The zero-order chi connectivity index (χ0) is 33.0. The van der Waals surface area contributed by atoms with Crippen LogP contribution in [0.3, 0.4) is 0 Å². The van der Waals surface area contributed by atoms with Gasteiger partial charge in [-0.25, -0.2) is 9.78 Å². The number of esters is 3. The molecule has 0 bridgehead atoms. The Kier molecular flexibility index (Phi) is 9.22. The van der Waals surface area contributed by atoms with E-state index in [1.54, 1.807) is 80.5 Å². The Balaban J connectivity index is 1.92. The summed E-state index contributed by atoms with van der Waals surface area (Å²) in [5.41, 5.74) is 1.12. The summed E-state index contributed by atoms with van der Waals surface area (Å²) in [5, 5.41) is 6.86. The highest BCUT2D eigenvalue weighted by Crippen LogP contribution is 2.73. The second-order valence-electron chi connectivity index (χ2n) is 14.1. The number of rotatable bonds is 8. The van der Waals surface area contributed by atoms with E-state index in [0.717, 1.165) is 11.8 Å². The van der Waals surface area contributed by atoms with E-state index in [4.69, 9.17) is 47.9 Å². The first-order valence-electron chi connectivity index (χ1n) is 14.2. The molecular weight excluding hydrogens is 631 g/mol. The number of nitrogens with two attached hydrogens (primary N) is 1. The summed E-state index contributed by atoms with van der Waals surface area (Å²) in [7, 11) is 0.